The van der Waals surface area contributed by atoms with Crippen LogP contribution in [0.1, 0.15) is 79.1 Å². The second kappa shape index (κ2) is 11.5. The van der Waals surface area contributed by atoms with Gasteiger partial charge in [-0.15, -0.1) is 22.2 Å². The normalized spacial score (nSPS) is 15.5. The van der Waals surface area contributed by atoms with Crippen molar-refractivity contribution in [3.63, 3.8) is 0 Å². The van der Waals surface area contributed by atoms with Gasteiger partial charge in [-0.3, -0.25) is 0 Å². The van der Waals surface area contributed by atoms with Crippen LogP contribution < -0.4 is 0 Å². The molecule has 0 spiro atoms. The Bertz CT molecular complexity index is 187. The van der Waals surface area contributed by atoms with Gasteiger partial charge in [0.05, 0.1) is 0 Å². The van der Waals surface area contributed by atoms with E-state index in [0.717, 1.165) is 23.9 Å². The minimum atomic E-state index is -2.03. The van der Waals surface area contributed by atoms with E-state index in [1.165, 1.54) is 51.4 Å². The maximum absolute atomic E-state index is 6.75. The van der Waals surface area contributed by atoms with E-state index in [9.17, 15) is 0 Å². The molecule has 0 saturated carbocycles. The maximum atomic E-state index is 6.75. The van der Waals surface area contributed by atoms with Crippen molar-refractivity contribution in [1.29, 1.82) is 0 Å². The van der Waals surface area contributed by atoms with E-state index >= 15 is 0 Å². The van der Waals surface area contributed by atoms with Crippen LogP contribution in [0.3, 0.4) is 0 Å². The molecule has 19 heavy (non-hydrogen) atoms. The fourth-order valence-corrected chi connectivity index (χ4v) is 8.27. The Morgan fingerprint density at radius 3 is 1.37 bits per heavy atom. The summed E-state index contributed by atoms with van der Waals surface area (Å²) in [5, 5.41) is 0. The third kappa shape index (κ3) is 10.2. The zero-order valence-electron chi connectivity index (χ0n) is 13.5. The molecule has 0 saturated heterocycles. The molecule has 0 nitrogen and oxygen atoms in total. The molecule has 0 N–H and O–H groups in total. The van der Waals surface area contributed by atoms with Crippen molar-refractivity contribution in [2.75, 3.05) is 0 Å². The molecule has 0 fully saturated rings. The lowest BCUT2D eigenvalue weighted by atomic mass is 10.0. The topological polar surface area (TPSA) is 0 Å². The SMILES string of the molecule is CCCC[C@@H](CC)C[Si](Cl)(Cl)C[C@H](CC)CCCC. The second-order valence-electron chi connectivity index (χ2n) is 6.10. The van der Waals surface area contributed by atoms with Crippen molar-refractivity contribution in [2.45, 2.75) is 91.1 Å². The van der Waals surface area contributed by atoms with Gasteiger partial charge in [0.1, 0.15) is 0 Å². The Labute approximate surface area is 132 Å². The summed E-state index contributed by atoms with van der Waals surface area (Å²) in [6.07, 6.45) is 10.3. The highest BCUT2D eigenvalue weighted by atomic mass is 35.7. The van der Waals surface area contributed by atoms with Crippen molar-refractivity contribution in [1.82, 2.24) is 0 Å². The Morgan fingerprint density at radius 2 is 1.11 bits per heavy atom. The lowest BCUT2D eigenvalue weighted by molar-refractivity contribution is 0.471. The van der Waals surface area contributed by atoms with Crippen molar-refractivity contribution in [3.8, 4) is 0 Å². The Morgan fingerprint density at radius 1 is 0.737 bits per heavy atom. The molecule has 0 aromatic rings. The fourth-order valence-electron chi connectivity index (χ4n) is 2.81. The fraction of sp³-hybridized carbons (Fsp3) is 1.00. The largest absolute Gasteiger partial charge is 0.251 e. The van der Waals surface area contributed by atoms with Crippen LogP contribution in [0.25, 0.3) is 0 Å². The van der Waals surface area contributed by atoms with Crippen LogP contribution in [0.5, 0.6) is 0 Å². The predicted octanol–water partition coefficient (Wildman–Crippen LogP) is 7.34. The minimum Gasteiger partial charge on any atom is -0.146 e. The van der Waals surface area contributed by atoms with Gasteiger partial charge in [-0.2, -0.15) is 0 Å². The molecule has 0 aliphatic carbocycles. The van der Waals surface area contributed by atoms with E-state index in [4.69, 9.17) is 22.2 Å². The lowest BCUT2D eigenvalue weighted by Crippen LogP contribution is -2.26. The highest BCUT2D eigenvalue weighted by Gasteiger charge is 2.33. The molecule has 0 aromatic carbocycles. The van der Waals surface area contributed by atoms with E-state index in [1.807, 2.05) is 0 Å². The maximum Gasteiger partial charge on any atom is 0.251 e. The van der Waals surface area contributed by atoms with Crippen LogP contribution in [0.4, 0.5) is 0 Å². The summed E-state index contributed by atoms with van der Waals surface area (Å²) in [4.78, 5) is 0. The first-order valence-corrected chi connectivity index (χ1v) is 12.8. The third-order valence-electron chi connectivity index (χ3n) is 4.26. The highest BCUT2D eigenvalue weighted by Crippen LogP contribution is 2.37. The van der Waals surface area contributed by atoms with E-state index < -0.39 is 6.69 Å². The molecule has 0 amide bonds. The minimum absolute atomic E-state index is 0.755. The van der Waals surface area contributed by atoms with Crippen molar-refractivity contribution in [3.05, 3.63) is 0 Å². The molecule has 116 valence electrons. The van der Waals surface area contributed by atoms with Gasteiger partial charge < -0.3 is 0 Å². The average molecular weight is 325 g/mol. The van der Waals surface area contributed by atoms with Gasteiger partial charge in [-0.1, -0.05) is 79.1 Å². The molecule has 3 heteroatoms. The Kier molecular flexibility index (Phi) is 11.9. The molecule has 0 rings (SSSR count). The van der Waals surface area contributed by atoms with Gasteiger partial charge in [0, 0.05) is 0 Å². The lowest BCUT2D eigenvalue weighted by Gasteiger charge is -2.26. The Balaban J connectivity index is 4.24. The summed E-state index contributed by atoms with van der Waals surface area (Å²) >= 11 is 13.5. The number of hydrogen-bond donors (Lipinski definition) is 0. The van der Waals surface area contributed by atoms with E-state index in [2.05, 4.69) is 27.7 Å². The summed E-state index contributed by atoms with van der Waals surface area (Å²) in [7, 11) is 0. The van der Waals surface area contributed by atoms with Gasteiger partial charge >= 0.3 is 0 Å². The van der Waals surface area contributed by atoms with Crippen LogP contribution in [-0.4, -0.2) is 6.69 Å². The molecule has 0 aliphatic heterocycles. The molecular formula is C16H34Cl2Si. The first-order chi connectivity index (χ1) is 8.99. The number of halogens is 2. The third-order valence-corrected chi connectivity index (χ3v) is 8.46. The number of unbranched alkanes of at least 4 members (excludes halogenated alkanes) is 2. The molecule has 0 aliphatic rings. The average Bonchev–Trinajstić information content (AvgIpc) is 2.39. The smallest absolute Gasteiger partial charge is 0.146 e. The number of rotatable bonds is 12. The first kappa shape index (κ1) is 19.8. The number of hydrogen-bond acceptors (Lipinski definition) is 0. The molecule has 0 radical (unpaired) electrons. The summed E-state index contributed by atoms with van der Waals surface area (Å²) < 4.78 is 0. The summed E-state index contributed by atoms with van der Waals surface area (Å²) in [6.45, 7) is 7.06. The van der Waals surface area contributed by atoms with Crippen LogP contribution >= 0.6 is 22.2 Å². The predicted molar refractivity (Wildman–Crippen MR) is 93.7 cm³/mol. The van der Waals surface area contributed by atoms with Crippen LogP contribution in [0, 0.1) is 11.8 Å². The molecule has 0 unspecified atom stereocenters. The highest BCUT2D eigenvalue weighted by molar-refractivity contribution is 7.45. The second-order valence-corrected chi connectivity index (χ2v) is 13.5. The summed E-state index contributed by atoms with van der Waals surface area (Å²) in [6, 6.07) is 2.21. The Hall–Kier alpha value is 0.797. The molecule has 0 aromatic heterocycles. The van der Waals surface area contributed by atoms with E-state index in [0.29, 0.717) is 0 Å². The van der Waals surface area contributed by atoms with Gasteiger partial charge in [-0.05, 0) is 23.9 Å². The van der Waals surface area contributed by atoms with Crippen molar-refractivity contribution in [2.24, 2.45) is 11.8 Å². The van der Waals surface area contributed by atoms with Crippen molar-refractivity contribution < 1.29 is 0 Å². The summed E-state index contributed by atoms with van der Waals surface area (Å²) in [5.41, 5.74) is 0. The van der Waals surface area contributed by atoms with Gasteiger partial charge in [0.25, 0.3) is 6.69 Å². The first-order valence-electron chi connectivity index (χ1n) is 8.36. The van der Waals surface area contributed by atoms with Crippen LogP contribution in [0.15, 0.2) is 0 Å². The zero-order valence-corrected chi connectivity index (χ0v) is 16.0. The molecule has 2 atom stereocenters. The van der Waals surface area contributed by atoms with Gasteiger partial charge in [-0.25, -0.2) is 0 Å². The molecular weight excluding hydrogens is 291 g/mol. The standard InChI is InChI=1S/C16H34Cl2Si/c1-5-9-11-15(7-3)13-19(17,18)14-16(8-4)12-10-6-2/h15-16H,5-14H2,1-4H3/t15-,16-/m1/s1. The van der Waals surface area contributed by atoms with Gasteiger partial charge in [0.2, 0.25) is 0 Å². The quantitative estimate of drug-likeness (QED) is 0.260. The summed E-state index contributed by atoms with van der Waals surface area (Å²) in [5.74, 6) is 1.51. The monoisotopic (exact) mass is 324 g/mol. The van der Waals surface area contributed by atoms with Crippen LogP contribution in [0.2, 0.25) is 12.1 Å². The van der Waals surface area contributed by atoms with Crippen LogP contribution in [-0.2, 0) is 0 Å². The van der Waals surface area contributed by atoms with Gasteiger partial charge in [0.15, 0.2) is 0 Å². The van der Waals surface area contributed by atoms with E-state index in [1.54, 1.807) is 0 Å². The van der Waals surface area contributed by atoms with E-state index in [-0.39, 0.29) is 0 Å². The molecule has 0 heterocycles. The zero-order chi connectivity index (χ0) is 14.7. The molecule has 0 bridgehead atoms. The van der Waals surface area contributed by atoms with Crippen molar-refractivity contribution >= 4 is 28.9 Å².